The molecule has 15 rings (SSSR count). The molecular formula is C75H52N2. The summed E-state index contributed by atoms with van der Waals surface area (Å²) in [5.74, 6) is 0. The van der Waals surface area contributed by atoms with E-state index in [4.69, 9.17) is 0 Å². The Kier molecular flexibility index (Phi) is 10.3. The normalized spacial score (nSPS) is 12.6. The Bertz CT molecular complexity index is 4320. The zero-order chi connectivity index (χ0) is 51.2. The van der Waals surface area contributed by atoms with E-state index in [2.05, 4.69) is 302 Å². The fourth-order valence-electron chi connectivity index (χ4n) is 13.1. The summed E-state index contributed by atoms with van der Waals surface area (Å²) in [5, 5.41) is 2.59. The quantitative estimate of drug-likeness (QED) is 0.147. The van der Waals surface area contributed by atoms with E-state index in [1.807, 2.05) is 0 Å². The van der Waals surface area contributed by atoms with Gasteiger partial charge in [0.2, 0.25) is 0 Å². The van der Waals surface area contributed by atoms with Crippen molar-refractivity contribution < 1.29 is 0 Å². The monoisotopic (exact) mass is 980 g/mol. The third-order valence-corrected chi connectivity index (χ3v) is 16.6. The van der Waals surface area contributed by atoms with E-state index in [1.54, 1.807) is 0 Å². The molecule has 362 valence electrons. The summed E-state index contributed by atoms with van der Waals surface area (Å²) in [6.07, 6.45) is 0. The average molecular weight is 981 g/mol. The van der Waals surface area contributed by atoms with Crippen LogP contribution in [0.4, 0.5) is 17.1 Å². The van der Waals surface area contributed by atoms with Crippen molar-refractivity contribution in [3.8, 4) is 72.4 Å². The number of para-hydroxylation sites is 1. The largest absolute Gasteiger partial charge is 0.310 e. The highest BCUT2D eigenvalue weighted by Crippen LogP contribution is 2.63. The number of hydrogen-bond acceptors (Lipinski definition) is 1. The fraction of sp³-hybridized carbons (Fsp3) is 0.0400. The maximum Gasteiger partial charge on any atom is 0.0726 e. The highest BCUT2D eigenvalue weighted by atomic mass is 15.1. The highest BCUT2D eigenvalue weighted by Gasteiger charge is 2.51. The third-order valence-electron chi connectivity index (χ3n) is 16.6. The fourth-order valence-corrected chi connectivity index (χ4v) is 13.1. The summed E-state index contributed by atoms with van der Waals surface area (Å²) in [4.78, 5) is 2.48. The zero-order valence-electron chi connectivity index (χ0n) is 43.0. The third kappa shape index (κ3) is 6.96. The Morgan fingerprint density at radius 1 is 0.286 bits per heavy atom. The van der Waals surface area contributed by atoms with Gasteiger partial charge in [-0.2, -0.15) is 0 Å². The maximum atomic E-state index is 2.50. The van der Waals surface area contributed by atoms with Gasteiger partial charge in [0.05, 0.1) is 22.1 Å². The van der Waals surface area contributed by atoms with Crippen LogP contribution in [0.2, 0.25) is 0 Å². The lowest BCUT2D eigenvalue weighted by atomic mass is 9.70. The lowest BCUT2D eigenvalue weighted by molar-refractivity contribution is 0.793. The van der Waals surface area contributed by atoms with Crippen molar-refractivity contribution in [1.82, 2.24) is 4.57 Å². The summed E-state index contributed by atoms with van der Waals surface area (Å²) in [7, 11) is 0. The number of aryl methyl sites for hydroxylation is 2. The predicted molar refractivity (Wildman–Crippen MR) is 323 cm³/mol. The molecule has 1 heterocycles. The minimum absolute atomic E-state index is 0.469. The summed E-state index contributed by atoms with van der Waals surface area (Å²) in [6, 6.07) is 104. The minimum Gasteiger partial charge on any atom is -0.310 e. The van der Waals surface area contributed by atoms with Gasteiger partial charge in [-0.15, -0.1) is 0 Å². The average Bonchev–Trinajstić information content (AvgIpc) is 3.44. The molecule has 12 aromatic carbocycles. The van der Waals surface area contributed by atoms with Gasteiger partial charge >= 0.3 is 0 Å². The van der Waals surface area contributed by atoms with E-state index in [9.17, 15) is 0 Å². The van der Waals surface area contributed by atoms with Crippen molar-refractivity contribution in [3.05, 3.63) is 312 Å². The summed E-state index contributed by atoms with van der Waals surface area (Å²) in [6.45, 7) is 4.35. The van der Waals surface area contributed by atoms with Crippen LogP contribution in [0.1, 0.15) is 33.4 Å². The lowest BCUT2D eigenvalue weighted by Gasteiger charge is -2.33. The van der Waals surface area contributed by atoms with Gasteiger partial charge in [0, 0.05) is 33.4 Å². The molecule has 0 amide bonds. The van der Waals surface area contributed by atoms with Crippen molar-refractivity contribution in [2.45, 2.75) is 19.3 Å². The molecule has 13 aromatic rings. The number of anilines is 3. The lowest BCUT2D eigenvalue weighted by Crippen LogP contribution is -2.26. The predicted octanol–water partition coefficient (Wildman–Crippen LogP) is 19.9. The Labute approximate surface area is 450 Å². The SMILES string of the molecule is Cc1ccc2c(c1)c1cc(C)ccc1n2-c1ccc(-c2ccc(-c3ccc(N(c4ccc5c(c4)C4(c6ccccc6-c6ccccc64)c4ccccc4-5)c4ccccc4-c4ccccc4-c4ccccc4)cc3)cc2)cc1. The molecule has 1 aromatic heterocycles. The molecule has 0 unspecified atom stereocenters. The van der Waals surface area contributed by atoms with E-state index in [0.29, 0.717) is 0 Å². The standard InChI is InChI=1S/C75H52N2/c1-49-28-44-73-66(46-49)67-47-50(2)29-45-74(67)77(73)57-40-36-54(37-41-57)52-32-30-51(31-33-52)53-34-38-56(39-35-53)76(72-27-15-11-23-65(72)60-19-7-6-18-59(60)55-16-4-3-5-17-55)58-42-43-64-63-22-10-14-26-70(63)75(71(64)48-58)68-24-12-8-20-61(68)62-21-9-13-25-69(62)75/h3-48H,1-2H3. The number of hydrogen-bond donors (Lipinski definition) is 0. The molecule has 2 aliphatic rings. The number of aromatic nitrogens is 1. The Morgan fingerprint density at radius 2 is 0.701 bits per heavy atom. The van der Waals surface area contributed by atoms with Crippen LogP contribution < -0.4 is 4.90 Å². The topological polar surface area (TPSA) is 8.17 Å². The van der Waals surface area contributed by atoms with Crippen LogP contribution in [0.3, 0.4) is 0 Å². The van der Waals surface area contributed by atoms with Crippen molar-refractivity contribution in [2.75, 3.05) is 4.90 Å². The Balaban J connectivity index is 0.832. The molecule has 1 spiro atoms. The summed E-state index contributed by atoms with van der Waals surface area (Å²) >= 11 is 0. The van der Waals surface area contributed by atoms with Gasteiger partial charge in [0.15, 0.2) is 0 Å². The van der Waals surface area contributed by atoms with Gasteiger partial charge in [-0.1, -0.05) is 223 Å². The van der Waals surface area contributed by atoms with Crippen LogP contribution in [0, 0.1) is 13.8 Å². The first-order valence-electron chi connectivity index (χ1n) is 26.8. The number of benzene rings is 12. The molecule has 0 aliphatic heterocycles. The number of nitrogens with zero attached hydrogens (tertiary/aromatic N) is 2. The van der Waals surface area contributed by atoms with E-state index in [-0.39, 0.29) is 0 Å². The molecule has 2 nitrogen and oxygen atoms in total. The molecule has 0 fully saturated rings. The van der Waals surface area contributed by atoms with E-state index >= 15 is 0 Å². The highest BCUT2D eigenvalue weighted by molar-refractivity contribution is 6.10. The van der Waals surface area contributed by atoms with Gasteiger partial charge in [0.1, 0.15) is 0 Å². The van der Waals surface area contributed by atoms with Gasteiger partial charge in [-0.05, 0) is 164 Å². The van der Waals surface area contributed by atoms with Crippen molar-refractivity contribution in [2.24, 2.45) is 0 Å². The summed E-state index contributed by atoms with van der Waals surface area (Å²) in [5.41, 5.74) is 29.0. The minimum atomic E-state index is -0.469. The molecule has 0 saturated heterocycles. The Morgan fingerprint density at radius 3 is 1.25 bits per heavy atom. The second-order valence-electron chi connectivity index (χ2n) is 20.9. The number of rotatable bonds is 8. The van der Waals surface area contributed by atoms with Gasteiger partial charge in [0.25, 0.3) is 0 Å². The van der Waals surface area contributed by atoms with Gasteiger partial charge < -0.3 is 9.47 Å². The first-order chi connectivity index (χ1) is 38.0. The molecule has 0 radical (unpaired) electrons. The van der Waals surface area contributed by atoms with Crippen molar-refractivity contribution >= 4 is 38.9 Å². The molecule has 0 N–H and O–H groups in total. The van der Waals surface area contributed by atoms with Crippen molar-refractivity contribution in [1.29, 1.82) is 0 Å². The van der Waals surface area contributed by atoms with Crippen molar-refractivity contribution in [3.63, 3.8) is 0 Å². The van der Waals surface area contributed by atoms with Gasteiger partial charge in [-0.25, -0.2) is 0 Å². The maximum absolute atomic E-state index is 2.50. The van der Waals surface area contributed by atoms with Crippen LogP contribution in [-0.4, -0.2) is 4.57 Å². The first-order valence-corrected chi connectivity index (χ1v) is 26.8. The Hall–Kier alpha value is -9.76. The van der Waals surface area contributed by atoms with Crippen LogP contribution in [0.25, 0.3) is 94.3 Å². The van der Waals surface area contributed by atoms with E-state index < -0.39 is 5.41 Å². The van der Waals surface area contributed by atoms with Gasteiger partial charge in [-0.3, -0.25) is 0 Å². The molecule has 2 heteroatoms. The molecule has 0 atom stereocenters. The molecule has 77 heavy (non-hydrogen) atoms. The molecule has 0 bridgehead atoms. The second kappa shape index (κ2) is 17.7. The van der Waals surface area contributed by atoms with Crippen LogP contribution in [0.15, 0.2) is 279 Å². The molecule has 0 saturated carbocycles. The molecule has 2 aliphatic carbocycles. The number of fused-ring (bicyclic) bond motifs is 13. The first kappa shape index (κ1) is 44.7. The second-order valence-corrected chi connectivity index (χ2v) is 20.9. The van der Waals surface area contributed by atoms with Crippen LogP contribution >= 0.6 is 0 Å². The zero-order valence-corrected chi connectivity index (χ0v) is 43.0. The molecular weight excluding hydrogens is 929 g/mol. The summed E-state index contributed by atoms with van der Waals surface area (Å²) < 4.78 is 2.40. The smallest absolute Gasteiger partial charge is 0.0726 e. The van der Waals surface area contributed by atoms with Crippen LogP contribution in [-0.2, 0) is 5.41 Å². The van der Waals surface area contributed by atoms with E-state index in [0.717, 1.165) is 33.9 Å². The van der Waals surface area contributed by atoms with Crippen LogP contribution in [0.5, 0.6) is 0 Å². The van der Waals surface area contributed by atoms with E-state index in [1.165, 1.54) is 111 Å².